The van der Waals surface area contributed by atoms with Gasteiger partial charge in [-0.1, -0.05) is 92.9 Å². The third-order valence-electron chi connectivity index (χ3n) is 7.18. The van der Waals surface area contributed by atoms with Gasteiger partial charge in [-0.3, -0.25) is 0 Å². The molecule has 0 amide bonds. The largest absolute Gasteiger partial charge is 0.488 e. The van der Waals surface area contributed by atoms with Gasteiger partial charge in [0.25, 0.3) is 0 Å². The van der Waals surface area contributed by atoms with Crippen molar-refractivity contribution in [3.8, 4) is 17.6 Å². The Kier molecular flexibility index (Phi) is 9.83. The average molecular weight is 494 g/mol. The predicted molar refractivity (Wildman–Crippen MR) is 151 cm³/mol. The van der Waals surface area contributed by atoms with Crippen molar-refractivity contribution in [2.45, 2.75) is 78.4 Å². The number of aryl methyl sites for hydroxylation is 1. The van der Waals surface area contributed by atoms with Gasteiger partial charge in [0, 0.05) is 0 Å². The van der Waals surface area contributed by atoms with E-state index in [1.807, 2.05) is 36.4 Å². The summed E-state index contributed by atoms with van der Waals surface area (Å²) >= 11 is 0. The smallest absolute Gasteiger partial charge is 0.131 e. The topological polar surface area (TPSA) is 42.2 Å². The van der Waals surface area contributed by atoms with E-state index in [-0.39, 0.29) is 0 Å². The summed E-state index contributed by atoms with van der Waals surface area (Å²) in [6.45, 7) is 5.54. The first kappa shape index (κ1) is 26.6. The third-order valence-corrected chi connectivity index (χ3v) is 7.18. The summed E-state index contributed by atoms with van der Waals surface area (Å²) < 4.78 is 13.2. The predicted octanol–water partition coefficient (Wildman–Crippen LogP) is 9.06. The minimum Gasteiger partial charge on any atom is -0.488 e. The maximum absolute atomic E-state index is 9.61. The van der Waals surface area contributed by atoms with Crippen LogP contribution in [0, 0.1) is 17.2 Å². The summed E-state index contributed by atoms with van der Waals surface area (Å²) in [7, 11) is 0. The standard InChI is InChI=1S/C34H39NO2/c1-3-4-7-16-29-22-32(36-24-27-12-8-5-9-13-27)34(31-21-26(2)17-18-30(31)19-20-35)33(23-29)37-25-28-14-10-6-11-15-28/h5-6,8-15,22-23,26H,3-4,7,16-19,21,24-25H2,1-2H3. The van der Waals surface area contributed by atoms with Crippen molar-refractivity contribution < 1.29 is 9.47 Å². The number of unbranched alkanes of at least 4 members (excludes halogenated alkanes) is 2. The van der Waals surface area contributed by atoms with Crippen molar-refractivity contribution in [2.24, 2.45) is 5.92 Å². The Balaban J connectivity index is 1.79. The second-order valence-corrected chi connectivity index (χ2v) is 10.2. The zero-order valence-corrected chi connectivity index (χ0v) is 22.3. The van der Waals surface area contributed by atoms with Gasteiger partial charge in [0.1, 0.15) is 24.7 Å². The van der Waals surface area contributed by atoms with Gasteiger partial charge in [-0.05, 0) is 72.4 Å². The van der Waals surface area contributed by atoms with Crippen LogP contribution in [0.1, 0.15) is 81.0 Å². The molecule has 3 heteroatoms. The maximum atomic E-state index is 9.61. The lowest BCUT2D eigenvalue weighted by Crippen LogP contribution is -2.11. The van der Waals surface area contributed by atoms with Gasteiger partial charge in [0.15, 0.2) is 0 Å². The summed E-state index contributed by atoms with van der Waals surface area (Å²) in [4.78, 5) is 0. The van der Waals surface area contributed by atoms with Crippen molar-refractivity contribution >= 4 is 5.57 Å². The first-order valence-electron chi connectivity index (χ1n) is 13.8. The Labute approximate surface area is 222 Å². The summed E-state index contributed by atoms with van der Waals surface area (Å²) in [6, 6.07) is 27.5. The van der Waals surface area contributed by atoms with E-state index in [4.69, 9.17) is 9.47 Å². The van der Waals surface area contributed by atoms with Gasteiger partial charge < -0.3 is 9.47 Å². The van der Waals surface area contributed by atoms with Crippen molar-refractivity contribution in [3.05, 3.63) is 101 Å². The fourth-order valence-electron chi connectivity index (χ4n) is 5.10. The van der Waals surface area contributed by atoms with Crippen LogP contribution in [0.15, 0.2) is 78.4 Å². The molecular formula is C34H39NO2. The lowest BCUT2D eigenvalue weighted by molar-refractivity contribution is 0.287. The molecule has 1 unspecified atom stereocenters. The first-order valence-corrected chi connectivity index (χ1v) is 13.8. The molecule has 37 heavy (non-hydrogen) atoms. The van der Waals surface area contributed by atoms with Gasteiger partial charge in [0.05, 0.1) is 18.1 Å². The van der Waals surface area contributed by atoms with Gasteiger partial charge in [-0.15, -0.1) is 0 Å². The lowest BCUT2D eigenvalue weighted by Gasteiger charge is -2.28. The highest BCUT2D eigenvalue weighted by Crippen LogP contribution is 2.45. The molecule has 1 atom stereocenters. The quantitative estimate of drug-likeness (QED) is 0.236. The molecule has 0 saturated heterocycles. The van der Waals surface area contributed by atoms with Gasteiger partial charge in [-0.2, -0.15) is 5.26 Å². The van der Waals surface area contributed by atoms with E-state index >= 15 is 0 Å². The molecule has 0 fully saturated rings. The van der Waals surface area contributed by atoms with Crippen LogP contribution >= 0.6 is 0 Å². The number of allylic oxidation sites excluding steroid dienone is 2. The van der Waals surface area contributed by atoms with E-state index in [2.05, 4.69) is 56.3 Å². The van der Waals surface area contributed by atoms with Crippen molar-refractivity contribution in [1.82, 2.24) is 0 Å². The average Bonchev–Trinajstić information content (AvgIpc) is 2.93. The summed E-state index contributed by atoms with van der Waals surface area (Å²) in [5.74, 6) is 2.31. The van der Waals surface area contributed by atoms with Crippen molar-refractivity contribution in [2.75, 3.05) is 0 Å². The molecule has 192 valence electrons. The second-order valence-electron chi connectivity index (χ2n) is 10.2. The Morgan fingerprint density at radius 3 is 1.97 bits per heavy atom. The summed E-state index contributed by atoms with van der Waals surface area (Å²) in [5.41, 5.74) is 7.04. The van der Waals surface area contributed by atoms with E-state index in [9.17, 15) is 5.26 Å². The lowest BCUT2D eigenvalue weighted by atomic mass is 9.80. The van der Waals surface area contributed by atoms with E-state index in [0.717, 1.165) is 60.3 Å². The molecule has 4 rings (SSSR count). The van der Waals surface area contributed by atoms with Crippen LogP contribution in [0.4, 0.5) is 0 Å². The fraction of sp³-hybridized carbons (Fsp3) is 0.382. The molecule has 3 nitrogen and oxygen atoms in total. The van der Waals surface area contributed by atoms with Gasteiger partial charge in [0.2, 0.25) is 0 Å². The van der Waals surface area contributed by atoms with E-state index in [1.54, 1.807) is 0 Å². The maximum Gasteiger partial charge on any atom is 0.131 e. The van der Waals surface area contributed by atoms with E-state index in [0.29, 0.717) is 25.6 Å². The van der Waals surface area contributed by atoms with Crippen LogP contribution in [0.5, 0.6) is 11.5 Å². The molecule has 0 bridgehead atoms. The highest BCUT2D eigenvalue weighted by atomic mass is 16.5. The van der Waals surface area contributed by atoms with Gasteiger partial charge >= 0.3 is 0 Å². The van der Waals surface area contributed by atoms with Crippen LogP contribution < -0.4 is 9.47 Å². The molecular weight excluding hydrogens is 454 g/mol. The Hall–Kier alpha value is -3.51. The molecule has 3 aromatic rings. The highest BCUT2D eigenvalue weighted by molar-refractivity contribution is 5.79. The monoisotopic (exact) mass is 493 g/mol. The zero-order valence-electron chi connectivity index (χ0n) is 22.3. The zero-order chi connectivity index (χ0) is 25.9. The molecule has 0 heterocycles. The number of hydrogen-bond donors (Lipinski definition) is 0. The molecule has 0 saturated carbocycles. The normalized spacial score (nSPS) is 15.3. The van der Waals surface area contributed by atoms with Crippen LogP contribution in [-0.4, -0.2) is 0 Å². The van der Waals surface area contributed by atoms with Crippen LogP contribution in [-0.2, 0) is 19.6 Å². The minimum atomic E-state index is 0.455. The summed E-state index contributed by atoms with van der Waals surface area (Å²) in [6.07, 6.45) is 8.01. The molecule has 0 aliphatic heterocycles. The SMILES string of the molecule is CCCCCc1cc(OCc2ccccc2)c(C2=C(CC#N)CCC(C)C2)c(OCc2ccccc2)c1. The number of ether oxygens (including phenoxy) is 2. The molecule has 1 aliphatic rings. The highest BCUT2D eigenvalue weighted by Gasteiger charge is 2.26. The minimum absolute atomic E-state index is 0.455. The van der Waals surface area contributed by atoms with Crippen LogP contribution in [0.2, 0.25) is 0 Å². The first-order chi connectivity index (χ1) is 18.2. The van der Waals surface area contributed by atoms with Crippen LogP contribution in [0.25, 0.3) is 5.57 Å². The van der Waals surface area contributed by atoms with E-state index in [1.165, 1.54) is 29.6 Å². The van der Waals surface area contributed by atoms with E-state index < -0.39 is 0 Å². The van der Waals surface area contributed by atoms with Crippen molar-refractivity contribution in [3.63, 3.8) is 0 Å². The molecule has 0 N–H and O–H groups in total. The van der Waals surface area contributed by atoms with Gasteiger partial charge in [-0.25, -0.2) is 0 Å². The second kappa shape index (κ2) is 13.7. The molecule has 0 radical (unpaired) electrons. The fourth-order valence-corrected chi connectivity index (χ4v) is 5.10. The number of rotatable bonds is 12. The number of nitriles is 1. The third kappa shape index (κ3) is 7.49. The molecule has 1 aliphatic carbocycles. The molecule has 0 aromatic heterocycles. The summed E-state index contributed by atoms with van der Waals surface area (Å²) in [5, 5.41) is 9.61. The number of benzene rings is 3. The number of nitrogens with zero attached hydrogens (tertiary/aromatic N) is 1. The molecule has 0 spiro atoms. The molecule has 3 aromatic carbocycles. The van der Waals surface area contributed by atoms with Crippen LogP contribution in [0.3, 0.4) is 0 Å². The Morgan fingerprint density at radius 1 is 0.838 bits per heavy atom. The number of hydrogen-bond acceptors (Lipinski definition) is 3. The Bertz CT molecular complexity index is 1140. The Morgan fingerprint density at radius 2 is 1.43 bits per heavy atom. The van der Waals surface area contributed by atoms with Crippen molar-refractivity contribution in [1.29, 1.82) is 5.26 Å².